The monoisotopic (exact) mass is 272 g/mol. The minimum Gasteiger partial charge on any atom is -0.321 e. The zero-order chi connectivity index (χ0) is 13.2. The molecule has 0 spiro atoms. The molecule has 0 saturated carbocycles. The van der Waals surface area contributed by atoms with Gasteiger partial charge in [0.15, 0.2) is 0 Å². The van der Waals surface area contributed by atoms with Gasteiger partial charge >= 0.3 is 0 Å². The lowest BCUT2D eigenvalue weighted by molar-refractivity contribution is 0.751. The number of imidazole rings is 1. The standard InChI is InChI=1S/C14H13ClN4/c1-10-7-17-11(8-16-10)9-19-13-5-3-2-4-12(13)18-14(19)6-15/h2-5,7-8H,6,9H2,1H3. The van der Waals surface area contributed by atoms with Crippen molar-refractivity contribution in [1.29, 1.82) is 0 Å². The zero-order valence-corrected chi connectivity index (χ0v) is 11.3. The van der Waals surface area contributed by atoms with Gasteiger partial charge in [-0.2, -0.15) is 0 Å². The zero-order valence-electron chi connectivity index (χ0n) is 10.5. The third-order valence-electron chi connectivity index (χ3n) is 3.01. The van der Waals surface area contributed by atoms with E-state index in [1.807, 2.05) is 31.2 Å². The number of rotatable bonds is 3. The molecular formula is C14H13ClN4. The van der Waals surface area contributed by atoms with Crippen molar-refractivity contribution >= 4 is 22.6 Å². The Kier molecular flexibility index (Phi) is 3.17. The molecule has 2 heterocycles. The highest BCUT2D eigenvalue weighted by Gasteiger charge is 2.10. The van der Waals surface area contributed by atoms with Crippen LogP contribution in [0.4, 0.5) is 0 Å². The Labute approximate surface area is 116 Å². The molecule has 0 unspecified atom stereocenters. The number of benzene rings is 1. The van der Waals surface area contributed by atoms with Gasteiger partial charge in [0.05, 0.1) is 41.0 Å². The minimum absolute atomic E-state index is 0.383. The predicted octanol–water partition coefficient (Wildman–Crippen LogP) is 2.92. The largest absolute Gasteiger partial charge is 0.321 e. The Morgan fingerprint density at radius 1 is 1.16 bits per heavy atom. The number of hydrogen-bond donors (Lipinski definition) is 0. The van der Waals surface area contributed by atoms with Gasteiger partial charge in [-0.15, -0.1) is 11.6 Å². The molecule has 0 amide bonds. The topological polar surface area (TPSA) is 43.6 Å². The van der Waals surface area contributed by atoms with Gasteiger partial charge in [-0.05, 0) is 19.1 Å². The van der Waals surface area contributed by atoms with E-state index in [1.54, 1.807) is 12.4 Å². The lowest BCUT2D eigenvalue weighted by Gasteiger charge is -2.07. The highest BCUT2D eigenvalue weighted by atomic mass is 35.5. The van der Waals surface area contributed by atoms with Crippen molar-refractivity contribution in [3.63, 3.8) is 0 Å². The van der Waals surface area contributed by atoms with Crippen molar-refractivity contribution in [2.45, 2.75) is 19.3 Å². The van der Waals surface area contributed by atoms with Gasteiger partial charge in [-0.25, -0.2) is 4.98 Å². The van der Waals surface area contributed by atoms with Crippen LogP contribution in [-0.2, 0) is 12.4 Å². The second-order valence-corrected chi connectivity index (χ2v) is 4.65. The second kappa shape index (κ2) is 4.97. The van der Waals surface area contributed by atoms with Crippen molar-refractivity contribution in [3.05, 3.63) is 53.9 Å². The maximum absolute atomic E-state index is 5.98. The van der Waals surface area contributed by atoms with Crippen LogP contribution < -0.4 is 0 Å². The molecule has 0 bridgehead atoms. The van der Waals surface area contributed by atoms with Gasteiger partial charge in [-0.1, -0.05) is 12.1 Å². The second-order valence-electron chi connectivity index (χ2n) is 4.39. The van der Waals surface area contributed by atoms with Crippen LogP contribution in [-0.4, -0.2) is 19.5 Å². The summed E-state index contributed by atoms with van der Waals surface area (Å²) in [5.74, 6) is 1.23. The first-order valence-electron chi connectivity index (χ1n) is 6.05. The lowest BCUT2D eigenvalue weighted by atomic mass is 10.3. The highest BCUT2D eigenvalue weighted by Crippen LogP contribution is 2.18. The van der Waals surface area contributed by atoms with Crippen LogP contribution in [0.3, 0.4) is 0 Å². The molecule has 0 saturated heterocycles. The summed E-state index contributed by atoms with van der Waals surface area (Å²) < 4.78 is 2.08. The molecule has 3 aromatic rings. The van der Waals surface area contributed by atoms with Gasteiger partial charge in [-0.3, -0.25) is 9.97 Å². The number of para-hydroxylation sites is 2. The molecule has 0 aliphatic carbocycles. The Morgan fingerprint density at radius 2 is 2.00 bits per heavy atom. The van der Waals surface area contributed by atoms with Gasteiger partial charge in [0.25, 0.3) is 0 Å². The summed E-state index contributed by atoms with van der Waals surface area (Å²) in [7, 11) is 0. The van der Waals surface area contributed by atoms with Crippen LogP contribution in [0.25, 0.3) is 11.0 Å². The van der Waals surface area contributed by atoms with Crippen LogP contribution in [0.2, 0.25) is 0 Å². The summed E-state index contributed by atoms with van der Waals surface area (Å²) in [6.45, 7) is 2.56. The van der Waals surface area contributed by atoms with E-state index in [1.165, 1.54) is 0 Å². The predicted molar refractivity (Wildman–Crippen MR) is 75.2 cm³/mol. The molecule has 1 aromatic carbocycles. The van der Waals surface area contributed by atoms with Crippen molar-refractivity contribution in [3.8, 4) is 0 Å². The van der Waals surface area contributed by atoms with Crippen LogP contribution in [0.1, 0.15) is 17.2 Å². The van der Waals surface area contributed by atoms with Gasteiger partial charge in [0, 0.05) is 6.20 Å². The van der Waals surface area contributed by atoms with Crippen LogP contribution in [0, 0.1) is 6.92 Å². The van der Waals surface area contributed by atoms with E-state index >= 15 is 0 Å². The number of aromatic nitrogens is 4. The summed E-state index contributed by atoms with van der Waals surface area (Å²) >= 11 is 5.98. The summed E-state index contributed by atoms with van der Waals surface area (Å²) in [5.41, 5.74) is 3.84. The molecule has 0 radical (unpaired) electrons. The third-order valence-corrected chi connectivity index (χ3v) is 3.25. The first-order chi connectivity index (χ1) is 9.28. The number of fused-ring (bicyclic) bond motifs is 1. The van der Waals surface area contributed by atoms with E-state index in [0.29, 0.717) is 12.4 Å². The number of hydrogen-bond acceptors (Lipinski definition) is 3. The fourth-order valence-corrected chi connectivity index (χ4v) is 2.27. The molecule has 0 fully saturated rings. The number of alkyl halides is 1. The fourth-order valence-electron chi connectivity index (χ4n) is 2.07. The average molecular weight is 273 g/mol. The van der Waals surface area contributed by atoms with E-state index in [2.05, 4.69) is 19.5 Å². The lowest BCUT2D eigenvalue weighted by Crippen LogP contribution is -2.06. The smallest absolute Gasteiger partial charge is 0.125 e. The maximum Gasteiger partial charge on any atom is 0.125 e. The van der Waals surface area contributed by atoms with Crippen molar-refractivity contribution in [1.82, 2.24) is 19.5 Å². The summed E-state index contributed by atoms with van der Waals surface area (Å²) in [5, 5.41) is 0. The van der Waals surface area contributed by atoms with Crippen LogP contribution in [0.15, 0.2) is 36.7 Å². The average Bonchev–Trinajstić information content (AvgIpc) is 2.79. The highest BCUT2D eigenvalue weighted by molar-refractivity contribution is 6.16. The van der Waals surface area contributed by atoms with Crippen molar-refractivity contribution in [2.75, 3.05) is 0 Å². The van der Waals surface area contributed by atoms with Crippen molar-refractivity contribution < 1.29 is 0 Å². The Hall–Kier alpha value is -1.94. The normalized spacial score (nSPS) is 11.1. The fraction of sp³-hybridized carbons (Fsp3) is 0.214. The molecule has 4 nitrogen and oxygen atoms in total. The molecular weight excluding hydrogens is 260 g/mol. The Balaban J connectivity index is 2.06. The molecule has 19 heavy (non-hydrogen) atoms. The van der Waals surface area contributed by atoms with Gasteiger partial charge in [0.2, 0.25) is 0 Å². The van der Waals surface area contributed by atoms with Crippen molar-refractivity contribution in [2.24, 2.45) is 0 Å². The number of halogens is 1. The first-order valence-corrected chi connectivity index (χ1v) is 6.59. The SMILES string of the molecule is Cc1cnc(Cn2c(CCl)nc3ccccc32)cn1. The maximum atomic E-state index is 5.98. The molecule has 96 valence electrons. The summed E-state index contributed by atoms with van der Waals surface area (Å²) in [6.07, 6.45) is 3.57. The Morgan fingerprint density at radius 3 is 2.74 bits per heavy atom. The van der Waals surface area contributed by atoms with E-state index < -0.39 is 0 Å². The molecule has 0 N–H and O–H groups in total. The molecule has 5 heteroatoms. The number of aryl methyl sites for hydroxylation is 1. The minimum atomic E-state index is 0.383. The summed E-state index contributed by atoms with van der Waals surface area (Å²) in [4.78, 5) is 13.2. The summed E-state index contributed by atoms with van der Waals surface area (Å²) in [6, 6.07) is 8.01. The molecule has 3 rings (SSSR count). The molecule has 0 aliphatic heterocycles. The van der Waals surface area contributed by atoms with Crippen LogP contribution >= 0.6 is 11.6 Å². The van der Waals surface area contributed by atoms with Gasteiger partial charge < -0.3 is 4.57 Å². The molecule has 2 aromatic heterocycles. The van der Waals surface area contributed by atoms with E-state index in [-0.39, 0.29) is 0 Å². The first kappa shape index (κ1) is 12.1. The van der Waals surface area contributed by atoms with E-state index in [9.17, 15) is 0 Å². The van der Waals surface area contributed by atoms with Crippen LogP contribution in [0.5, 0.6) is 0 Å². The van der Waals surface area contributed by atoms with E-state index in [0.717, 1.165) is 28.2 Å². The third kappa shape index (κ3) is 2.31. The van der Waals surface area contributed by atoms with Gasteiger partial charge in [0.1, 0.15) is 5.82 Å². The number of nitrogens with zero attached hydrogens (tertiary/aromatic N) is 4. The molecule has 0 atom stereocenters. The Bertz CT molecular complexity index is 703. The molecule has 0 aliphatic rings. The van der Waals surface area contributed by atoms with E-state index in [4.69, 9.17) is 11.6 Å². The quantitative estimate of drug-likeness (QED) is 0.689.